The van der Waals surface area contributed by atoms with Crippen LogP contribution in [0.5, 0.6) is 0 Å². The summed E-state index contributed by atoms with van der Waals surface area (Å²) in [5.74, 6) is -1.28. The molecule has 4 heteroatoms. The fourth-order valence-electron chi connectivity index (χ4n) is 2.36. The van der Waals surface area contributed by atoms with Gasteiger partial charge in [0.05, 0.1) is 0 Å². The number of hydrogen-bond acceptors (Lipinski definition) is 2. The molecule has 1 N–H and O–H groups in total. The maximum absolute atomic E-state index is 13.5. The number of aliphatic hydroxyl groups excluding tert-OH is 1. The summed E-state index contributed by atoms with van der Waals surface area (Å²) in [5, 5.41) is 9.11. The lowest BCUT2D eigenvalue weighted by Gasteiger charge is -2.31. The van der Waals surface area contributed by atoms with E-state index < -0.39 is 11.6 Å². The maximum atomic E-state index is 13.5. The van der Waals surface area contributed by atoms with E-state index in [4.69, 9.17) is 5.11 Å². The van der Waals surface area contributed by atoms with Crippen LogP contribution in [0.25, 0.3) is 0 Å². The van der Waals surface area contributed by atoms with Crippen molar-refractivity contribution in [1.29, 1.82) is 0 Å². The number of aliphatic hydroxyl groups is 1. The van der Waals surface area contributed by atoms with Gasteiger partial charge in [-0.05, 0) is 31.4 Å². The smallest absolute Gasteiger partial charge is 0.163 e. The molecule has 1 fully saturated rings. The van der Waals surface area contributed by atoms with E-state index in [-0.39, 0.29) is 12.5 Å². The molecule has 0 aromatic heterocycles. The molecule has 1 aliphatic heterocycles. The second-order valence-electron chi connectivity index (χ2n) is 4.64. The van der Waals surface area contributed by atoms with Crippen molar-refractivity contribution in [3.05, 3.63) is 35.4 Å². The Hall–Kier alpha value is -1.00. The van der Waals surface area contributed by atoms with Gasteiger partial charge in [-0.1, -0.05) is 12.1 Å². The molecule has 94 valence electrons. The van der Waals surface area contributed by atoms with Crippen molar-refractivity contribution in [1.82, 2.24) is 4.90 Å². The monoisotopic (exact) mass is 241 g/mol. The van der Waals surface area contributed by atoms with Crippen molar-refractivity contribution < 1.29 is 13.9 Å². The van der Waals surface area contributed by atoms with Gasteiger partial charge in [-0.2, -0.15) is 0 Å². The summed E-state index contributed by atoms with van der Waals surface area (Å²) in [5.41, 5.74) is 0.392. The summed E-state index contributed by atoms with van der Waals surface area (Å²) in [6.07, 6.45) is 2.01. The summed E-state index contributed by atoms with van der Waals surface area (Å²) < 4.78 is 26.5. The predicted molar refractivity (Wildman–Crippen MR) is 61.4 cm³/mol. The number of halogens is 2. The Bertz CT molecular complexity index is 384. The topological polar surface area (TPSA) is 23.5 Å². The Morgan fingerprint density at radius 1 is 1.35 bits per heavy atom. The lowest BCUT2D eigenvalue weighted by atomic mass is 9.98. The number of benzene rings is 1. The van der Waals surface area contributed by atoms with Gasteiger partial charge in [-0.15, -0.1) is 0 Å². The Morgan fingerprint density at radius 3 is 2.94 bits per heavy atom. The first-order valence-electron chi connectivity index (χ1n) is 5.97. The first-order chi connectivity index (χ1) is 8.20. The average Bonchev–Trinajstić information content (AvgIpc) is 2.35. The second kappa shape index (κ2) is 5.56. The highest BCUT2D eigenvalue weighted by atomic mass is 19.2. The van der Waals surface area contributed by atoms with Crippen molar-refractivity contribution in [2.24, 2.45) is 5.92 Å². The molecule has 0 amide bonds. The standard InChI is InChI=1S/C13H17F2NO/c14-12-5-1-4-11(13(12)15)8-16-6-2-3-10(7-16)9-17/h1,4-5,10,17H,2-3,6-9H2. The highest BCUT2D eigenvalue weighted by Gasteiger charge is 2.20. The quantitative estimate of drug-likeness (QED) is 0.876. The molecule has 1 aromatic carbocycles. The minimum absolute atomic E-state index is 0.169. The highest BCUT2D eigenvalue weighted by Crippen LogP contribution is 2.20. The molecule has 1 aromatic rings. The molecular weight excluding hydrogens is 224 g/mol. The van der Waals surface area contributed by atoms with Crippen molar-refractivity contribution in [2.45, 2.75) is 19.4 Å². The van der Waals surface area contributed by atoms with Crippen LogP contribution in [0.15, 0.2) is 18.2 Å². The van der Waals surface area contributed by atoms with Gasteiger partial charge in [0.25, 0.3) is 0 Å². The molecule has 1 saturated heterocycles. The van der Waals surface area contributed by atoms with Crippen LogP contribution in [0.2, 0.25) is 0 Å². The van der Waals surface area contributed by atoms with Crippen LogP contribution in [0.3, 0.4) is 0 Å². The van der Waals surface area contributed by atoms with Crippen LogP contribution >= 0.6 is 0 Å². The molecule has 1 heterocycles. The number of nitrogens with zero attached hydrogens (tertiary/aromatic N) is 1. The van der Waals surface area contributed by atoms with E-state index in [1.165, 1.54) is 6.07 Å². The van der Waals surface area contributed by atoms with E-state index in [1.807, 2.05) is 0 Å². The zero-order valence-corrected chi connectivity index (χ0v) is 9.70. The first kappa shape index (κ1) is 12.5. The van der Waals surface area contributed by atoms with Crippen LogP contribution in [0.4, 0.5) is 8.78 Å². The predicted octanol–water partition coefficient (Wildman–Crippen LogP) is 2.17. The van der Waals surface area contributed by atoms with E-state index in [2.05, 4.69) is 4.90 Å². The Morgan fingerprint density at radius 2 is 2.18 bits per heavy atom. The third-order valence-corrected chi connectivity index (χ3v) is 3.29. The highest BCUT2D eigenvalue weighted by molar-refractivity contribution is 5.18. The molecule has 17 heavy (non-hydrogen) atoms. The zero-order chi connectivity index (χ0) is 12.3. The summed E-state index contributed by atoms with van der Waals surface area (Å²) >= 11 is 0. The van der Waals surface area contributed by atoms with Gasteiger partial charge in [-0.3, -0.25) is 4.90 Å². The number of rotatable bonds is 3. The molecule has 1 unspecified atom stereocenters. The molecule has 0 aliphatic carbocycles. The van der Waals surface area contributed by atoms with Crippen molar-refractivity contribution in [3.63, 3.8) is 0 Å². The first-order valence-corrected chi connectivity index (χ1v) is 5.97. The average molecular weight is 241 g/mol. The van der Waals surface area contributed by atoms with Gasteiger partial charge in [0.1, 0.15) is 0 Å². The SMILES string of the molecule is OCC1CCCN(Cc2cccc(F)c2F)C1. The summed E-state index contributed by atoms with van der Waals surface area (Å²) in [6, 6.07) is 4.27. The third-order valence-electron chi connectivity index (χ3n) is 3.29. The summed E-state index contributed by atoms with van der Waals surface area (Å²) in [6.45, 7) is 2.22. The number of hydrogen-bond donors (Lipinski definition) is 1. The van der Waals surface area contributed by atoms with Crippen LogP contribution < -0.4 is 0 Å². The molecule has 0 radical (unpaired) electrons. The van der Waals surface area contributed by atoms with Crippen LogP contribution in [0.1, 0.15) is 18.4 Å². The minimum atomic E-state index is -0.793. The fourth-order valence-corrected chi connectivity index (χ4v) is 2.36. The van der Waals surface area contributed by atoms with E-state index in [9.17, 15) is 8.78 Å². The summed E-state index contributed by atoms with van der Waals surface area (Å²) in [4.78, 5) is 2.07. The molecule has 1 atom stereocenters. The molecule has 0 bridgehead atoms. The Labute approximate surface area is 99.9 Å². The van der Waals surface area contributed by atoms with Gasteiger partial charge in [-0.25, -0.2) is 8.78 Å². The zero-order valence-electron chi connectivity index (χ0n) is 9.70. The largest absolute Gasteiger partial charge is 0.396 e. The number of piperidine rings is 1. The van der Waals surface area contributed by atoms with E-state index in [1.54, 1.807) is 6.07 Å². The van der Waals surface area contributed by atoms with Crippen LogP contribution in [0, 0.1) is 17.6 Å². The molecule has 2 nitrogen and oxygen atoms in total. The van der Waals surface area contributed by atoms with Crippen molar-refractivity contribution >= 4 is 0 Å². The molecule has 0 saturated carbocycles. The molecular formula is C13H17F2NO. The Kier molecular flexibility index (Phi) is 4.07. The van der Waals surface area contributed by atoms with Crippen molar-refractivity contribution in [2.75, 3.05) is 19.7 Å². The molecule has 0 spiro atoms. The van der Waals surface area contributed by atoms with Crippen molar-refractivity contribution in [3.8, 4) is 0 Å². The van der Waals surface area contributed by atoms with Crippen LogP contribution in [-0.4, -0.2) is 29.7 Å². The van der Waals surface area contributed by atoms with E-state index >= 15 is 0 Å². The second-order valence-corrected chi connectivity index (χ2v) is 4.64. The fraction of sp³-hybridized carbons (Fsp3) is 0.538. The Balaban J connectivity index is 2.02. The third kappa shape index (κ3) is 3.01. The summed E-state index contributed by atoms with van der Waals surface area (Å²) in [7, 11) is 0. The number of likely N-dealkylation sites (tertiary alicyclic amines) is 1. The maximum Gasteiger partial charge on any atom is 0.163 e. The van der Waals surface area contributed by atoms with Crippen LogP contribution in [-0.2, 0) is 6.54 Å². The van der Waals surface area contributed by atoms with Gasteiger partial charge in [0.2, 0.25) is 0 Å². The van der Waals surface area contributed by atoms with E-state index in [0.29, 0.717) is 12.1 Å². The lowest BCUT2D eigenvalue weighted by molar-refractivity contribution is 0.115. The molecule has 2 rings (SSSR count). The van der Waals surface area contributed by atoms with Gasteiger partial charge >= 0.3 is 0 Å². The van der Waals surface area contributed by atoms with Gasteiger partial charge in [0.15, 0.2) is 11.6 Å². The normalized spacial score (nSPS) is 21.7. The minimum Gasteiger partial charge on any atom is -0.396 e. The van der Waals surface area contributed by atoms with Gasteiger partial charge in [0, 0.05) is 25.3 Å². The van der Waals surface area contributed by atoms with Gasteiger partial charge < -0.3 is 5.11 Å². The van der Waals surface area contributed by atoms with E-state index in [0.717, 1.165) is 32.0 Å². The lowest BCUT2D eigenvalue weighted by Crippen LogP contribution is -2.36. The molecule has 1 aliphatic rings.